The molecule has 0 spiro atoms. The van der Waals surface area contributed by atoms with Crippen LogP contribution in [0, 0.1) is 0 Å². The molecular formula is H7GeO5P. The first kappa shape index (κ1) is 10.6. The van der Waals surface area contributed by atoms with Crippen LogP contribution in [0.3, 0.4) is 0 Å². The summed E-state index contributed by atoms with van der Waals surface area (Å²) in [4.78, 5) is 14.9. The minimum atomic E-state index is -4.59. The van der Waals surface area contributed by atoms with Crippen LogP contribution in [0.1, 0.15) is 0 Å². The van der Waals surface area contributed by atoms with Crippen molar-refractivity contribution in [2.45, 2.75) is 0 Å². The van der Waals surface area contributed by atoms with E-state index < -0.39 is 7.82 Å². The normalized spacial score (nSPS) is 10.1. The van der Waals surface area contributed by atoms with Crippen molar-refractivity contribution in [3.05, 3.63) is 0 Å². The fourth-order valence-corrected chi connectivity index (χ4v) is 0. The first-order valence-electron chi connectivity index (χ1n) is 0.948. The van der Waals surface area contributed by atoms with Gasteiger partial charge < -0.3 is 9.79 Å². The molecule has 3 N–H and O–H groups in total. The molecule has 0 aliphatic carbocycles. The van der Waals surface area contributed by atoms with Crippen molar-refractivity contribution in [3.63, 3.8) is 0 Å². The maximum absolute atomic E-state index is 9.22. The molecule has 0 aromatic carbocycles. The van der Waals surface area contributed by atoms with Crippen molar-refractivity contribution in [3.8, 4) is 0 Å². The van der Waals surface area contributed by atoms with Gasteiger partial charge in [0.1, 0.15) is 0 Å². The van der Waals surface area contributed by atoms with Crippen LogP contribution < -0.4 is 0 Å². The average Bonchev–Trinajstić information content (AvgIpc) is 1.35. The van der Waals surface area contributed by atoms with E-state index in [2.05, 4.69) is 4.67 Å². The quantitative estimate of drug-likeness (QED) is 0.195. The van der Waals surface area contributed by atoms with Crippen molar-refractivity contribution in [2.24, 2.45) is 0 Å². The molecule has 0 aromatic rings. The van der Waals surface area contributed by atoms with Gasteiger partial charge in [0.2, 0.25) is 0 Å². The summed E-state index contributed by atoms with van der Waals surface area (Å²) in [5, 5.41) is 7.14. The molecule has 0 unspecified atom stereocenters. The summed E-state index contributed by atoms with van der Waals surface area (Å²) < 4.78 is 11.8. The number of phosphoric acid groups is 1. The molecule has 0 radical (unpaired) electrons. The molecule has 0 aromatic heterocycles. The van der Waals surface area contributed by atoms with E-state index in [0.29, 0.717) is 0 Å². The number of hydrogen-bond acceptors (Lipinski definition) is 3. The molecule has 0 fully saturated rings. The standard InChI is InChI=1S/GeH4.H3O5P/c;1-5-6(2,3)4/h1H4;1H,(H2,2,3,4). The molecule has 5 nitrogen and oxygen atoms in total. The third kappa shape index (κ3) is 10.8. The molecule has 0 heterocycles. The van der Waals surface area contributed by atoms with Gasteiger partial charge >= 0.3 is 25.4 Å². The molecule has 7 heavy (non-hydrogen) atoms. The molecule has 0 amide bonds. The van der Waals surface area contributed by atoms with Crippen LogP contribution in [0.4, 0.5) is 0 Å². The van der Waals surface area contributed by atoms with Gasteiger partial charge in [-0.2, -0.15) is 0 Å². The average molecular weight is 191 g/mol. The Bertz CT molecular complexity index is 72.1. The number of rotatable bonds is 1. The van der Waals surface area contributed by atoms with Gasteiger partial charge in [-0.15, -0.1) is 4.67 Å². The molecule has 0 saturated heterocycles. The third-order valence-corrected chi connectivity index (χ3v) is 0.319. The van der Waals surface area contributed by atoms with Crippen molar-refractivity contribution in [2.75, 3.05) is 0 Å². The maximum atomic E-state index is 9.22. The zero-order valence-electron chi connectivity index (χ0n) is 2.61. The first-order valence-corrected chi connectivity index (χ1v) is 2.48. The Morgan fingerprint density at radius 2 is 1.57 bits per heavy atom. The predicted octanol–water partition coefficient (Wildman–Crippen LogP) is -1.88. The summed E-state index contributed by atoms with van der Waals surface area (Å²) in [5.74, 6) is 0. The number of hydrogen-bond donors (Lipinski definition) is 3. The van der Waals surface area contributed by atoms with Crippen LogP contribution in [0.25, 0.3) is 0 Å². The fourth-order valence-electron chi connectivity index (χ4n) is 0. The summed E-state index contributed by atoms with van der Waals surface area (Å²) in [6.45, 7) is 0. The van der Waals surface area contributed by atoms with Gasteiger partial charge in [0, 0.05) is 0 Å². The summed E-state index contributed by atoms with van der Waals surface area (Å²) in [6.07, 6.45) is 0. The second-order valence-electron chi connectivity index (χ2n) is 0.572. The summed E-state index contributed by atoms with van der Waals surface area (Å²) in [6, 6.07) is 0. The zero-order chi connectivity index (χ0) is 5.21. The molecule has 0 bridgehead atoms. The van der Waals surface area contributed by atoms with Crippen molar-refractivity contribution in [1.29, 1.82) is 0 Å². The zero-order valence-corrected chi connectivity index (χ0v) is 3.50. The van der Waals surface area contributed by atoms with Crippen LogP contribution in [0.5, 0.6) is 0 Å². The monoisotopic (exact) mass is 192 g/mol. The summed E-state index contributed by atoms with van der Waals surface area (Å²) >= 11 is 0. The van der Waals surface area contributed by atoms with Crippen molar-refractivity contribution in [1.82, 2.24) is 0 Å². The van der Waals surface area contributed by atoms with Crippen LogP contribution >= 0.6 is 7.82 Å². The van der Waals surface area contributed by atoms with E-state index in [-0.39, 0.29) is 17.6 Å². The van der Waals surface area contributed by atoms with E-state index in [9.17, 15) is 4.57 Å². The van der Waals surface area contributed by atoms with Gasteiger partial charge in [-0.1, -0.05) is 0 Å². The Hall–Kier alpha value is 0.613. The fraction of sp³-hybridized carbons (Fsp3) is 0. The molecular weight excluding hydrogens is 184 g/mol. The van der Waals surface area contributed by atoms with E-state index in [1.165, 1.54) is 0 Å². The minimum absolute atomic E-state index is 0. The van der Waals surface area contributed by atoms with Crippen molar-refractivity contribution < 1.29 is 24.3 Å². The van der Waals surface area contributed by atoms with Gasteiger partial charge in [-0.25, -0.2) is 9.82 Å². The van der Waals surface area contributed by atoms with E-state index in [4.69, 9.17) is 15.0 Å². The Balaban J connectivity index is 0. The Morgan fingerprint density at radius 1 is 1.43 bits per heavy atom. The molecule has 0 aliphatic heterocycles. The van der Waals surface area contributed by atoms with E-state index in [1.54, 1.807) is 0 Å². The van der Waals surface area contributed by atoms with Gasteiger partial charge in [-0.3, -0.25) is 0 Å². The molecule has 7 heteroatoms. The Kier molecular flexibility index (Phi) is 5.43. The Morgan fingerprint density at radius 3 is 1.57 bits per heavy atom. The van der Waals surface area contributed by atoms with E-state index in [1.807, 2.05) is 0 Å². The van der Waals surface area contributed by atoms with Gasteiger partial charge in [0.25, 0.3) is 0 Å². The van der Waals surface area contributed by atoms with Gasteiger partial charge in [0.05, 0.1) is 0 Å². The van der Waals surface area contributed by atoms with Crippen LogP contribution in [-0.2, 0) is 9.24 Å². The second kappa shape index (κ2) is 3.59. The molecule has 0 saturated carbocycles. The summed E-state index contributed by atoms with van der Waals surface area (Å²) in [5.41, 5.74) is 0. The van der Waals surface area contributed by atoms with Crippen LogP contribution in [0.2, 0.25) is 0 Å². The van der Waals surface area contributed by atoms with Crippen LogP contribution in [-0.4, -0.2) is 32.6 Å². The van der Waals surface area contributed by atoms with E-state index >= 15 is 0 Å². The van der Waals surface area contributed by atoms with Crippen molar-refractivity contribution >= 4 is 25.4 Å². The molecule has 0 aliphatic rings. The van der Waals surface area contributed by atoms with E-state index in [0.717, 1.165) is 0 Å². The third-order valence-electron chi connectivity index (χ3n) is 0.106. The van der Waals surface area contributed by atoms with Crippen LogP contribution in [0.15, 0.2) is 0 Å². The molecule has 46 valence electrons. The first-order chi connectivity index (χ1) is 2.56. The predicted molar refractivity (Wildman–Crippen MR) is 27.1 cm³/mol. The van der Waals surface area contributed by atoms with Gasteiger partial charge in [-0.05, 0) is 0 Å². The Labute approximate surface area is 50.4 Å². The van der Waals surface area contributed by atoms with Gasteiger partial charge in [0.15, 0.2) is 0 Å². The molecule has 0 atom stereocenters. The topological polar surface area (TPSA) is 87.0 Å². The summed E-state index contributed by atoms with van der Waals surface area (Å²) in [7, 11) is -4.59. The molecule has 0 rings (SSSR count). The SMILES string of the molecule is O=P(O)(O)OO.[GeH4]. The second-order valence-corrected chi connectivity index (χ2v) is 1.72.